The Morgan fingerprint density at radius 2 is 2.35 bits per heavy atom. The van der Waals surface area contributed by atoms with Gasteiger partial charge in [0.15, 0.2) is 0 Å². The van der Waals surface area contributed by atoms with Gasteiger partial charge in [0, 0.05) is 6.54 Å². The average molecular weight is 277 g/mol. The van der Waals surface area contributed by atoms with Crippen LogP contribution in [-0.4, -0.2) is 31.1 Å². The molecule has 0 saturated carbocycles. The van der Waals surface area contributed by atoms with Gasteiger partial charge >= 0.3 is 5.97 Å². The predicted molar refractivity (Wildman–Crippen MR) is 76.5 cm³/mol. The van der Waals surface area contributed by atoms with Crippen molar-refractivity contribution in [1.29, 1.82) is 0 Å². The molecule has 1 saturated heterocycles. The third kappa shape index (κ3) is 3.01. The SMILES string of the molecule is CCOC(=O)c1cccc(NC2CCCNC2=O)c1N. The number of carbonyl (C=O) groups excluding carboxylic acids is 2. The van der Waals surface area contributed by atoms with E-state index in [-0.39, 0.29) is 11.9 Å². The maximum absolute atomic E-state index is 11.8. The van der Waals surface area contributed by atoms with Crippen LogP contribution in [0.4, 0.5) is 11.4 Å². The molecule has 4 N–H and O–H groups in total. The number of para-hydroxylation sites is 1. The fraction of sp³-hybridized carbons (Fsp3) is 0.429. The number of nitrogen functional groups attached to an aromatic ring is 1. The molecule has 1 amide bonds. The number of benzene rings is 1. The van der Waals surface area contributed by atoms with Crippen molar-refractivity contribution in [2.45, 2.75) is 25.8 Å². The Balaban J connectivity index is 2.18. The van der Waals surface area contributed by atoms with Crippen LogP contribution in [0, 0.1) is 0 Å². The summed E-state index contributed by atoms with van der Waals surface area (Å²) in [5.41, 5.74) is 7.19. The Kier molecular flexibility index (Phi) is 4.45. The van der Waals surface area contributed by atoms with Crippen LogP contribution < -0.4 is 16.4 Å². The van der Waals surface area contributed by atoms with Crippen LogP contribution in [-0.2, 0) is 9.53 Å². The van der Waals surface area contributed by atoms with Gasteiger partial charge in [-0.05, 0) is 31.9 Å². The van der Waals surface area contributed by atoms with Crippen LogP contribution in [0.3, 0.4) is 0 Å². The Bertz CT molecular complexity index is 516. The van der Waals surface area contributed by atoms with E-state index in [1.165, 1.54) is 0 Å². The highest BCUT2D eigenvalue weighted by atomic mass is 16.5. The molecule has 0 radical (unpaired) electrons. The summed E-state index contributed by atoms with van der Waals surface area (Å²) in [5, 5.41) is 5.89. The molecule has 0 aromatic heterocycles. The number of nitrogens with one attached hydrogen (secondary N) is 2. The van der Waals surface area contributed by atoms with Crippen molar-refractivity contribution >= 4 is 23.3 Å². The molecule has 1 aliphatic rings. The van der Waals surface area contributed by atoms with Crippen LogP contribution in [0.25, 0.3) is 0 Å². The normalized spacial score (nSPS) is 18.2. The minimum absolute atomic E-state index is 0.0443. The van der Waals surface area contributed by atoms with Gasteiger partial charge in [0.1, 0.15) is 6.04 Å². The molecule has 1 unspecified atom stereocenters. The van der Waals surface area contributed by atoms with Gasteiger partial charge in [-0.3, -0.25) is 4.79 Å². The van der Waals surface area contributed by atoms with E-state index in [4.69, 9.17) is 10.5 Å². The van der Waals surface area contributed by atoms with E-state index in [0.717, 1.165) is 12.8 Å². The summed E-state index contributed by atoms with van der Waals surface area (Å²) in [4.78, 5) is 23.5. The lowest BCUT2D eigenvalue weighted by Crippen LogP contribution is -2.44. The topological polar surface area (TPSA) is 93.5 Å². The molecule has 1 heterocycles. The lowest BCUT2D eigenvalue weighted by molar-refractivity contribution is -0.123. The summed E-state index contributed by atoms with van der Waals surface area (Å²) >= 11 is 0. The van der Waals surface area contributed by atoms with Crippen molar-refractivity contribution in [1.82, 2.24) is 5.32 Å². The summed E-state index contributed by atoms with van der Waals surface area (Å²) in [6, 6.07) is 4.76. The van der Waals surface area contributed by atoms with Gasteiger partial charge in [-0.15, -0.1) is 0 Å². The molecule has 1 atom stereocenters. The highest BCUT2D eigenvalue weighted by molar-refractivity contribution is 5.99. The third-order valence-corrected chi connectivity index (χ3v) is 3.22. The number of amides is 1. The zero-order valence-corrected chi connectivity index (χ0v) is 11.4. The Hall–Kier alpha value is -2.24. The van der Waals surface area contributed by atoms with E-state index in [9.17, 15) is 9.59 Å². The molecule has 1 aromatic carbocycles. The lowest BCUT2D eigenvalue weighted by Gasteiger charge is -2.24. The van der Waals surface area contributed by atoms with Gasteiger partial charge in [-0.25, -0.2) is 4.79 Å². The van der Waals surface area contributed by atoms with E-state index in [0.29, 0.717) is 30.1 Å². The molecule has 0 aliphatic carbocycles. The fourth-order valence-electron chi connectivity index (χ4n) is 2.18. The molecule has 1 fully saturated rings. The second-order valence-electron chi connectivity index (χ2n) is 4.62. The first kappa shape index (κ1) is 14.2. The highest BCUT2D eigenvalue weighted by Gasteiger charge is 2.23. The first-order chi connectivity index (χ1) is 9.63. The molecule has 6 heteroatoms. The van der Waals surface area contributed by atoms with Gasteiger partial charge in [-0.2, -0.15) is 0 Å². The molecule has 108 valence electrons. The second kappa shape index (κ2) is 6.27. The Labute approximate surface area is 117 Å². The van der Waals surface area contributed by atoms with Crippen molar-refractivity contribution < 1.29 is 14.3 Å². The van der Waals surface area contributed by atoms with E-state index in [2.05, 4.69) is 10.6 Å². The van der Waals surface area contributed by atoms with E-state index in [1.54, 1.807) is 25.1 Å². The summed E-state index contributed by atoms with van der Waals surface area (Å²) in [5.74, 6) is -0.501. The first-order valence-corrected chi connectivity index (χ1v) is 6.73. The van der Waals surface area contributed by atoms with E-state index in [1.807, 2.05) is 0 Å². The van der Waals surface area contributed by atoms with Crippen molar-refractivity contribution in [2.75, 3.05) is 24.2 Å². The minimum Gasteiger partial charge on any atom is -0.462 e. The molecule has 1 aromatic rings. The maximum atomic E-state index is 11.8. The standard InChI is InChI=1S/C14H19N3O3/c1-2-20-14(19)9-5-3-6-10(12(9)15)17-11-7-4-8-16-13(11)18/h3,5-6,11,17H,2,4,7-8,15H2,1H3,(H,16,18). The Morgan fingerprint density at radius 3 is 3.05 bits per heavy atom. The van der Waals surface area contributed by atoms with Crippen LogP contribution in [0.1, 0.15) is 30.1 Å². The molecule has 20 heavy (non-hydrogen) atoms. The highest BCUT2D eigenvalue weighted by Crippen LogP contribution is 2.25. The summed E-state index contributed by atoms with van der Waals surface area (Å²) in [6.07, 6.45) is 1.66. The zero-order valence-electron chi connectivity index (χ0n) is 11.4. The van der Waals surface area contributed by atoms with E-state index >= 15 is 0 Å². The summed E-state index contributed by atoms with van der Waals surface area (Å²) in [6.45, 7) is 2.73. The van der Waals surface area contributed by atoms with Crippen LogP contribution >= 0.6 is 0 Å². The number of hydrogen-bond donors (Lipinski definition) is 3. The third-order valence-electron chi connectivity index (χ3n) is 3.22. The van der Waals surface area contributed by atoms with Crippen molar-refractivity contribution in [3.05, 3.63) is 23.8 Å². The largest absolute Gasteiger partial charge is 0.462 e. The monoisotopic (exact) mass is 277 g/mol. The molecule has 0 bridgehead atoms. The predicted octanol–water partition coefficient (Wildman–Crippen LogP) is 1.14. The van der Waals surface area contributed by atoms with Crippen LogP contribution in [0.15, 0.2) is 18.2 Å². The number of piperidine rings is 1. The van der Waals surface area contributed by atoms with Crippen molar-refractivity contribution in [2.24, 2.45) is 0 Å². The molecular weight excluding hydrogens is 258 g/mol. The quantitative estimate of drug-likeness (QED) is 0.567. The number of carbonyl (C=O) groups is 2. The van der Waals surface area contributed by atoms with Crippen LogP contribution in [0.5, 0.6) is 0 Å². The van der Waals surface area contributed by atoms with Gasteiger partial charge in [0.05, 0.1) is 23.5 Å². The summed E-state index contributed by atoms with van der Waals surface area (Å²) in [7, 11) is 0. The number of ether oxygens (including phenoxy) is 1. The minimum atomic E-state index is -0.457. The number of hydrogen-bond acceptors (Lipinski definition) is 5. The number of esters is 1. The smallest absolute Gasteiger partial charge is 0.340 e. The first-order valence-electron chi connectivity index (χ1n) is 6.73. The molecule has 2 rings (SSSR count). The zero-order chi connectivity index (χ0) is 14.5. The van der Waals surface area contributed by atoms with Gasteiger partial charge < -0.3 is 21.1 Å². The van der Waals surface area contributed by atoms with E-state index < -0.39 is 5.97 Å². The number of rotatable bonds is 4. The molecule has 6 nitrogen and oxygen atoms in total. The maximum Gasteiger partial charge on any atom is 0.340 e. The fourth-order valence-corrected chi connectivity index (χ4v) is 2.18. The lowest BCUT2D eigenvalue weighted by atomic mass is 10.1. The Morgan fingerprint density at radius 1 is 1.55 bits per heavy atom. The van der Waals surface area contributed by atoms with Gasteiger partial charge in [0.25, 0.3) is 0 Å². The number of nitrogens with two attached hydrogens (primary N) is 1. The van der Waals surface area contributed by atoms with Gasteiger partial charge in [-0.1, -0.05) is 6.07 Å². The van der Waals surface area contributed by atoms with Crippen LogP contribution in [0.2, 0.25) is 0 Å². The summed E-state index contributed by atoms with van der Waals surface area (Å²) < 4.78 is 4.95. The second-order valence-corrected chi connectivity index (χ2v) is 4.62. The molecule has 0 spiro atoms. The average Bonchev–Trinajstić information content (AvgIpc) is 2.43. The van der Waals surface area contributed by atoms with Crippen molar-refractivity contribution in [3.8, 4) is 0 Å². The van der Waals surface area contributed by atoms with Gasteiger partial charge in [0.2, 0.25) is 5.91 Å². The van der Waals surface area contributed by atoms with Crippen molar-refractivity contribution in [3.63, 3.8) is 0 Å². The number of anilines is 2. The molecule has 1 aliphatic heterocycles. The molecular formula is C14H19N3O3.